The van der Waals surface area contributed by atoms with Crippen LogP contribution in [0.15, 0.2) is 97.1 Å². The van der Waals surface area contributed by atoms with E-state index < -0.39 is 35.6 Å². The second kappa shape index (κ2) is 12.3. The molecular formula is C31H24ClF4NO2. The van der Waals surface area contributed by atoms with E-state index in [2.05, 4.69) is 5.32 Å². The van der Waals surface area contributed by atoms with E-state index in [-0.39, 0.29) is 6.42 Å². The normalized spacial score (nSPS) is 13.3. The molecule has 4 aromatic carbocycles. The zero-order valence-corrected chi connectivity index (χ0v) is 21.3. The largest absolute Gasteiger partial charge is 0.416 e. The Kier molecular flexibility index (Phi) is 8.84. The zero-order chi connectivity index (χ0) is 28.0. The maximum atomic E-state index is 13.4. The van der Waals surface area contributed by atoms with E-state index in [9.17, 15) is 27.5 Å². The molecule has 0 aliphatic heterocycles. The molecule has 0 bridgehead atoms. The van der Waals surface area contributed by atoms with Gasteiger partial charge in [-0.3, -0.25) is 4.79 Å². The van der Waals surface area contributed by atoms with Crippen LogP contribution in [0, 0.1) is 5.82 Å². The maximum absolute atomic E-state index is 13.4. The molecule has 39 heavy (non-hydrogen) atoms. The van der Waals surface area contributed by atoms with E-state index in [1.165, 1.54) is 36.4 Å². The number of aliphatic hydroxyl groups excluding tert-OH is 1. The summed E-state index contributed by atoms with van der Waals surface area (Å²) in [5.74, 6) is -0.965. The smallest absolute Gasteiger partial charge is 0.386 e. The minimum Gasteiger partial charge on any atom is -0.386 e. The molecule has 0 saturated heterocycles. The standard InChI is InChI=1S/C31H24ClF4NO2/c32-27-4-2-1-3-22(27)10-5-20-6-11-24(12-7-20)30(39)37-28(29(38)23-13-17-26(33)18-14-23)19-21-8-15-25(16-9-21)31(34,35)36/h1-18,28-29,38H,19H2,(H,37,39)/b10-5-. The van der Waals surface area contributed by atoms with E-state index in [1.54, 1.807) is 30.3 Å². The van der Waals surface area contributed by atoms with E-state index in [4.69, 9.17) is 11.6 Å². The quantitative estimate of drug-likeness (QED) is 0.173. The fraction of sp³-hybridized carbons (Fsp3) is 0.129. The molecule has 0 aliphatic rings. The number of benzene rings is 4. The summed E-state index contributed by atoms with van der Waals surface area (Å²) in [6.07, 6.45) is -1.96. The van der Waals surface area contributed by atoms with Crippen molar-refractivity contribution in [1.29, 1.82) is 0 Å². The second-order valence-corrected chi connectivity index (χ2v) is 9.36. The maximum Gasteiger partial charge on any atom is 0.416 e. The molecule has 2 atom stereocenters. The van der Waals surface area contributed by atoms with Gasteiger partial charge in [0.15, 0.2) is 0 Å². The van der Waals surface area contributed by atoms with Gasteiger partial charge in [0, 0.05) is 10.6 Å². The number of amides is 1. The lowest BCUT2D eigenvalue weighted by atomic mass is 9.95. The highest BCUT2D eigenvalue weighted by Crippen LogP contribution is 2.30. The number of rotatable bonds is 8. The summed E-state index contributed by atoms with van der Waals surface area (Å²) in [7, 11) is 0. The van der Waals surface area contributed by atoms with Gasteiger partial charge < -0.3 is 10.4 Å². The van der Waals surface area contributed by atoms with Gasteiger partial charge in [-0.15, -0.1) is 0 Å². The predicted molar refractivity (Wildman–Crippen MR) is 145 cm³/mol. The summed E-state index contributed by atoms with van der Waals surface area (Å²) >= 11 is 6.18. The van der Waals surface area contributed by atoms with Crippen LogP contribution >= 0.6 is 11.6 Å². The first-order valence-electron chi connectivity index (χ1n) is 12.0. The monoisotopic (exact) mass is 553 g/mol. The number of carbonyl (C=O) groups excluding carboxylic acids is 1. The Morgan fingerprint density at radius 3 is 2.13 bits per heavy atom. The lowest BCUT2D eigenvalue weighted by Gasteiger charge is -2.25. The number of nitrogens with one attached hydrogen (secondary N) is 1. The van der Waals surface area contributed by atoms with Crippen molar-refractivity contribution in [3.63, 3.8) is 0 Å². The molecule has 0 fully saturated rings. The summed E-state index contributed by atoms with van der Waals surface area (Å²) in [4.78, 5) is 13.1. The van der Waals surface area contributed by atoms with Crippen LogP contribution in [0.2, 0.25) is 5.02 Å². The molecular weight excluding hydrogens is 530 g/mol. The molecule has 2 N–H and O–H groups in total. The summed E-state index contributed by atoms with van der Waals surface area (Å²) in [5, 5.41) is 14.4. The molecule has 200 valence electrons. The molecule has 0 aliphatic carbocycles. The van der Waals surface area contributed by atoms with Gasteiger partial charge in [0.2, 0.25) is 0 Å². The average molecular weight is 554 g/mol. The Hall–Kier alpha value is -3.94. The minimum atomic E-state index is -4.48. The van der Waals surface area contributed by atoms with Crippen molar-refractivity contribution in [3.8, 4) is 0 Å². The molecule has 0 saturated carbocycles. The molecule has 0 spiro atoms. The van der Waals surface area contributed by atoms with Gasteiger partial charge in [-0.2, -0.15) is 13.2 Å². The number of hydrogen-bond acceptors (Lipinski definition) is 2. The molecule has 0 heterocycles. The Morgan fingerprint density at radius 2 is 1.51 bits per heavy atom. The Balaban J connectivity index is 1.52. The summed E-state index contributed by atoms with van der Waals surface area (Å²) in [6.45, 7) is 0. The minimum absolute atomic E-state index is 0.0427. The third-order valence-electron chi connectivity index (χ3n) is 6.18. The Labute approximate surface area is 228 Å². The molecule has 0 radical (unpaired) electrons. The molecule has 4 rings (SSSR count). The van der Waals surface area contributed by atoms with Crippen molar-refractivity contribution in [2.75, 3.05) is 0 Å². The van der Waals surface area contributed by atoms with Gasteiger partial charge >= 0.3 is 6.18 Å². The van der Waals surface area contributed by atoms with Crippen molar-refractivity contribution in [3.05, 3.63) is 141 Å². The van der Waals surface area contributed by atoms with Gasteiger partial charge in [0.25, 0.3) is 5.91 Å². The van der Waals surface area contributed by atoms with Crippen LogP contribution in [-0.2, 0) is 12.6 Å². The van der Waals surface area contributed by atoms with Crippen molar-refractivity contribution in [2.24, 2.45) is 0 Å². The number of carbonyl (C=O) groups is 1. The van der Waals surface area contributed by atoms with E-state index in [0.717, 1.165) is 23.3 Å². The molecule has 2 unspecified atom stereocenters. The third-order valence-corrected chi connectivity index (χ3v) is 6.52. The van der Waals surface area contributed by atoms with Gasteiger partial charge in [0.1, 0.15) is 5.82 Å². The first kappa shape index (κ1) is 28.1. The van der Waals surface area contributed by atoms with Gasteiger partial charge in [0.05, 0.1) is 17.7 Å². The first-order chi connectivity index (χ1) is 18.6. The molecule has 4 aromatic rings. The van der Waals surface area contributed by atoms with Crippen LogP contribution in [0.5, 0.6) is 0 Å². The summed E-state index contributed by atoms with van der Waals surface area (Å²) in [5.41, 5.74) is 2.05. The number of hydrogen-bond donors (Lipinski definition) is 2. The Morgan fingerprint density at radius 1 is 0.872 bits per heavy atom. The van der Waals surface area contributed by atoms with E-state index in [1.807, 2.05) is 30.4 Å². The highest BCUT2D eigenvalue weighted by molar-refractivity contribution is 6.32. The topological polar surface area (TPSA) is 49.3 Å². The van der Waals surface area contributed by atoms with Gasteiger partial charge in [-0.1, -0.05) is 78.4 Å². The third kappa shape index (κ3) is 7.56. The number of halogens is 5. The van der Waals surface area contributed by atoms with Crippen molar-refractivity contribution >= 4 is 29.7 Å². The summed E-state index contributed by atoms with van der Waals surface area (Å²) < 4.78 is 52.3. The van der Waals surface area contributed by atoms with Crippen molar-refractivity contribution in [2.45, 2.75) is 24.7 Å². The van der Waals surface area contributed by atoms with Crippen LogP contribution in [0.1, 0.15) is 44.3 Å². The van der Waals surface area contributed by atoms with Gasteiger partial charge in [-0.05, 0) is 71.1 Å². The van der Waals surface area contributed by atoms with Crippen LogP contribution in [0.3, 0.4) is 0 Å². The van der Waals surface area contributed by atoms with Crippen molar-refractivity contribution in [1.82, 2.24) is 5.32 Å². The Bertz CT molecular complexity index is 1430. The lowest BCUT2D eigenvalue weighted by Crippen LogP contribution is -2.41. The first-order valence-corrected chi connectivity index (χ1v) is 12.4. The van der Waals surface area contributed by atoms with Crippen LogP contribution < -0.4 is 5.32 Å². The SMILES string of the molecule is O=C(NC(Cc1ccc(C(F)(F)F)cc1)C(O)c1ccc(F)cc1)c1ccc(/C=C\c2ccccc2Cl)cc1. The molecule has 1 amide bonds. The predicted octanol–water partition coefficient (Wildman–Crippen LogP) is 7.74. The molecule has 0 aromatic heterocycles. The summed E-state index contributed by atoms with van der Waals surface area (Å²) in [6, 6.07) is 22.9. The fourth-order valence-electron chi connectivity index (χ4n) is 4.01. The van der Waals surface area contributed by atoms with Gasteiger partial charge in [-0.25, -0.2) is 4.39 Å². The molecule has 8 heteroatoms. The van der Waals surface area contributed by atoms with Crippen LogP contribution in [0.25, 0.3) is 12.2 Å². The zero-order valence-electron chi connectivity index (χ0n) is 20.5. The number of aliphatic hydroxyl groups is 1. The average Bonchev–Trinajstić information content (AvgIpc) is 2.92. The second-order valence-electron chi connectivity index (χ2n) is 8.95. The number of alkyl halides is 3. The highest BCUT2D eigenvalue weighted by Gasteiger charge is 2.30. The van der Waals surface area contributed by atoms with Crippen LogP contribution in [-0.4, -0.2) is 17.1 Å². The fourth-order valence-corrected chi connectivity index (χ4v) is 4.21. The van der Waals surface area contributed by atoms with Crippen LogP contribution in [0.4, 0.5) is 17.6 Å². The molecule has 3 nitrogen and oxygen atoms in total. The van der Waals surface area contributed by atoms with E-state index in [0.29, 0.717) is 21.7 Å². The van der Waals surface area contributed by atoms with E-state index >= 15 is 0 Å². The van der Waals surface area contributed by atoms with Crippen molar-refractivity contribution < 1.29 is 27.5 Å². The highest BCUT2D eigenvalue weighted by atomic mass is 35.5. The lowest BCUT2D eigenvalue weighted by molar-refractivity contribution is -0.137.